The average molecular weight is 334 g/mol. The maximum absolute atomic E-state index is 12.5. The average Bonchev–Trinajstić information content (AvgIpc) is 3.01. The van der Waals surface area contributed by atoms with E-state index in [1.165, 1.54) is 0 Å². The molecule has 1 aliphatic heterocycles. The van der Waals surface area contributed by atoms with Crippen LogP contribution in [0.25, 0.3) is 10.9 Å². The van der Waals surface area contributed by atoms with E-state index in [0.29, 0.717) is 18.7 Å². The number of hydrogen-bond donors (Lipinski definition) is 2. The van der Waals surface area contributed by atoms with Gasteiger partial charge in [0.05, 0.1) is 11.5 Å². The molecule has 0 aliphatic carbocycles. The van der Waals surface area contributed by atoms with Crippen molar-refractivity contribution in [1.82, 2.24) is 10.3 Å². The van der Waals surface area contributed by atoms with Crippen LogP contribution in [0.15, 0.2) is 12.1 Å². The largest absolute Gasteiger partial charge is 0.350 e. The third-order valence-corrected chi connectivity index (χ3v) is 6.56. The fraction of sp³-hybridized carbons (Fsp3) is 0.471. The Hall–Kier alpha value is -1.82. The van der Waals surface area contributed by atoms with Crippen LogP contribution in [0.5, 0.6) is 0 Å². The van der Waals surface area contributed by atoms with Gasteiger partial charge >= 0.3 is 0 Å². The molecule has 0 bridgehead atoms. The van der Waals surface area contributed by atoms with E-state index in [9.17, 15) is 13.2 Å². The first kappa shape index (κ1) is 16.1. The van der Waals surface area contributed by atoms with Gasteiger partial charge in [0.25, 0.3) is 5.91 Å². The van der Waals surface area contributed by atoms with Crippen LogP contribution >= 0.6 is 0 Å². The molecule has 1 amide bonds. The van der Waals surface area contributed by atoms with Crippen molar-refractivity contribution >= 4 is 26.6 Å². The Balaban J connectivity index is 1.80. The van der Waals surface area contributed by atoms with Crippen LogP contribution in [-0.2, 0) is 9.84 Å². The number of H-pyrrole nitrogens is 1. The summed E-state index contributed by atoms with van der Waals surface area (Å²) in [5, 5.41) is 3.98. The van der Waals surface area contributed by atoms with Gasteiger partial charge in [-0.15, -0.1) is 0 Å². The fourth-order valence-corrected chi connectivity index (χ4v) is 5.25. The molecule has 1 aromatic carbocycles. The molecule has 1 atom stereocenters. The number of carbonyl (C=O) groups excluding carboxylic acids is 1. The quantitative estimate of drug-likeness (QED) is 0.903. The minimum atomic E-state index is -2.91. The molecule has 5 nitrogen and oxygen atoms in total. The Bertz CT molecular complexity index is 881. The van der Waals surface area contributed by atoms with Crippen LogP contribution < -0.4 is 5.32 Å². The number of nitrogens with one attached hydrogen (secondary N) is 2. The maximum Gasteiger partial charge on any atom is 0.268 e. The van der Waals surface area contributed by atoms with E-state index >= 15 is 0 Å². The van der Waals surface area contributed by atoms with Gasteiger partial charge in [-0.1, -0.05) is 12.1 Å². The third kappa shape index (κ3) is 3.00. The van der Waals surface area contributed by atoms with Crippen molar-refractivity contribution in [1.29, 1.82) is 0 Å². The lowest BCUT2D eigenvalue weighted by molar-refractivity contribution is 0.0943. The van der Waals surface area contributed by atoms with E-state index in [1.807, 2.05) is 26.8 Å². The van der Waals surface area contributed by atoms with Crippen LogP contribution in [0.4, 0.5) is 0 Å². The number of benzene rings is 1. The van der Waals surface area contributed by atoms with Gasteiger partial charge in [-0.25, -0.2) is 8.42 Å². The highest BCUT2D eigenvalue weighted by Gasteiger charge is 2.28. The van der Waals surface area contributed by atoms with Crippen LogP contribution in [-0.4, -0.2) is 37.4 Å². The summed E-state index contributed by atoms with van der Waals surface area (Å²) in [5.41, 5.74) is 4.75. The normalized spacial score (nSPS) is 20.0. The van der Waals surface area contributed by atoms with Crippen LogP contribution in [0.2, 0.25) is 0 Å². The van der Waals surface area contributed by atoms with E-state index in [0.717, 1.165) is 27.6 Å². The van der Waals surface area contributed by atoms with Gasteiger partial charge in [0, 0.05) is 17.4 Å². The van der Waals surface area contributed by atoms with Crippen molar-refractivity contribution in [2.24, 2.45) is 5.92 Å². The SMILES string of the molecule is Cc1ccc(C)c2c(C)c(C(=O)NCC3CCS(=O)(=O)C3)[nH]c12. The van der Waals surface area contributed by atoms with E-state index in [1.54, 1.807) is 0 Å². The van der Waals surface area contributed by atoms with Crippen molar-refractivity contribution in [3.05, 3.63) is 34.5 Å². The fourth-order valence-electron chi connectivity index (χ4n) is 3.38. The third-order valence-electron chi connectivity index (χ3n) is 4.73. The van der Waals surface area contributed by atoms with Crippen molar-refractivity contribution in [3.63, 3.8) is 0 Å². The number of hydrogen-bond acceptors (Lipinski definition) is 3. The minimum absolute atomic E-state index is 0.0251. The second-order valence-electron chi connectivity index (χ2n) is 6.55. The van der Waals surface area contributed by atoms with Gasteiger partial charge in [-0.3, -0.25) is 4.79 Å². The van der Waals surface area contributed by atoms with E-state index in [-0.39, 0.29) is 23.3 Å². The molecule has 1 fully saturated rings. The van der Waals surface area contributed by atoms with Gasteiger partial charge in [0.2, 0.25) is 0 Å². The molecule has 124 valence electrons. The number of sulfone groups is 1. The predicted molar refractivity (Wildman–Crippen MR) is 91.6 cm³/mol. The van der Waals surface area contributed by atoms with Gasteiger partial charge in [0.1, 0.15) is 5.69 Å². The molecular formula is C17H22N2O3S. The highest BCUT2D eigenvalue weighted by atomic mass is 32.2. The molecule has 1 aliphatic rings. The van der Waals surface area contributed by atoms with Gasteiger partial charge in [-0.2, -0.15) is 0 Å². The molecular weight excluding hydrogens is 312 g/mol. The van der Waals surface area contributed by atoms with E-state index < -0.39 is 9.84 Å². The maximum atomic E-state index is 12.5. The number of rotatable bonds is 3. The van der Waals surface area contributed by atoms with Crippen molar-refractivity contribution in [3.8, 4) is 0 Å². The first-order valence-corrected chi connectivity index (χ1v) is 9.68. The molecule has 1 aromatic heterocycles. The summed E-state index contributed by atoms with van der Waals surface area (Å²) < 4.78 is 23.0. The second kappa shape index (κ2) is 5.67. The molecule has 1 unspecified atom stereocenters. The molecule has 6 heteroatoms. The summed E-state index contributed by atoms with van der Waals surface area (Å²) in [5.74, 6) is 0.271. The summed E-state index contributed by atoms with van der Waals surface area (Å²) in [4.78, 5) is 15.7. The zero-order valence-electron chi connectivity index (χ0n) is 13.7. The Morgan fingerprint density at radius 1 is 1.26 bits per heavy atom. The predicted octanol–water partition coefficient (Wildman–Crippen LogP) is 2.26. The molecule has 3 rings (SSSR count). The van der Waals surface area contributed by atoms with Gasteiger partial charge in [-0.05, 0) is 49.8 Å². The molecule has 2 aromatic rings. The number of carbonyl (C=O) groups is 1. The van der Waals surface area contributed by atoms with Gasteiger partial charge < -0.3 is 10.3 Å². The van der Waals surface area contributed by atoms with Crippen molar-refractivity contribution in [2.75, 3.05) is 18.1 Å². The van der Waals surface area contributed by atoms with E-state index in [2.05, 4.69) is 16.4 Å². The number of aromatic amines is 1. The van der Waals surface area contributed by atoms with Crippen LogP contribution in [0.3, 0.4) is 0 Å². The summed E-state index contributed by atoms with van der Waals surface area (Å²) in [6.45, 7) is 6.40. The molecule has 1 saturated heterocycles. The number of fused-ring (bicyclic) bond motifs is 1. The van der Waals surface area contributed by atoms with Gasteiger partial charge in [0.15, 0.2) is 9.84 Å². The smallest absolute Gasteiger partial charge is 0.268 e. The first-order valence-electron chi connectivity index (χ1n) is 7.85. The molecule has 0 radical (unpaired) electrons. The molecule has 2 heterocycles. The minimum Gasteiger partial charge on any atom is -0.350 e. The Kier molecular flexibility index (Phi) is 3.96. The highest BCUT2D eigenvalue weighted by molar-refractivity contribution is 7.91. The lowest BCUT2D eigenvalue weighted by atomic mass is 10.0. The second-order valence-corrected chi connectivity index (χ2v) is 8.78. The summed E-state index contributed by atoms with van der Waals surface area (Å²) in [6.07, 6.45) is 0.631. The molecule has 0 saturated carbocycles. The standard InChI is InChI=1S/C17H22N2O3S/c1-10-4-5-11(2)15-14(10)12(3)16(19-15)17(20)18-8-13-6-7-23(21,22)9-13/h4-5,13,19H,6-9H2,1-3H3,(H,18,20). The number of amides is 1. The van der Waals surface area contributed by atoms with Crippen molar-refractivity contribution in [2.45, 2.75) is 27.2 Å². The Labute approximate surface area is 136 Å². The van der Waals surface area contributed by atoms with E-state index in [4.69, 9.17) is 0 Å². The lowest BCUT2D eigenvalue weighted by Gasteiger charge is -2.09. The topological polar surface area (TPSA) is 79.0 Å². The van der Waals surface area contributed by atoms with Crippen LogP contribution in [0, 0.1) is 26.7 Å². The Morgan fingerprint density at radius 2 is 1.96 bits per heavy atom. The zero-order valence-corrected chi connectivity index (χ0v) is 14.5. The lowest BCUT2D eigenvalue weighted by Crippen LogP contribution is -2.30. The van der Waals surface area contributed by atoms with Crippen LogP contribution in [0.1, 0.15) is 33.6 Å². The number of aromatic nitrogens is 1. The Morgan fingerprint density at radius 3 is 2.57 bits per heavy atom. The number of aryl methyl sites for hydroxylation is 3. The summed E-state index contributed by atoms with van der Waals surface area (Å²) in [7, 11) is -2.91. The molecule has 23 heavy (non-hydrogen) atoms. The monoisotopic (exact) mass is 334 g/mol. The highest BCUT2D eigenvalue weighted by Crippen LogP contribution is 2.27. The summed E-state index contributed by atoms with van der Waals surface area (Å²) in [6, 6.07) is 4.10. The van der Waals surface area contributed by atoms with Crippen molar-refractivity contribution < 1.29 is 13.2 Å². The molecule has 2 N–H and O–H groups in total. The first-order chi connectivity index (χ1) is 10.8. The molecule has 0 spiro atoms. The summed E-state index contributed by atoms with van der Waals surface area (Å²) >= 11 is 0. The zero-order chi connectivity index (χ0) is 16.8.